The summed E-state index contributed by atoms with van der Waals surface area (Å²) in [7, 11) is -4.41. The highest BCUT2D eigenvalue weighted by Crippen LogP contribution is 2.30. The van der Waals surface area contributed by atoms with E-state index < -0.39 is 32.9 Å². The number of benzene rings is 2. The molecule has 8 nitrogen and oxygen atoms in total. The van der Waals surface area contributed by atoms with E-state index in [4.69, 9.17) is 34.8 Å². The molecule has 0 atom stereocenters. The van der Waals surface area contributed by atoms with Crippen molar-refractivity contribution in [3.63, 3.8) is 0 Å². The first-order valence-corrected chi connectivity index (χ1v) is 11.5. The lowest BCUT2D eigenvalue weighted by Crippen LogP contribution is -2.31. The Balaban J connectivity index is 1.94. The molecule has 0 bridgehead atoms. The number of sulfonamides is 1. The van der Waals surface area contributed by atoms with Crippen LogP contribution in [0.25, 0.3) is 5.69 Å². The molecule has 1 amide bonds. The average molecular weight is 544 g/mol. The van der Waals surface area contributed by atoms with Gasteiger partial charge in [-0.1, -0.05) is 46.9 Å². The van der Waals surface area contributed by atoms with Crippen molar-refractivity contribution >= 4 is 50.7 Å². The summed E-state index contributed by atoms with van der Waals surface area (Å²) >= 11 is 17.8. The minimum atomic E-state index is -4.91. The van der Waals surface area contributed by atoms with Gasteiger partial charge >= 0.3 is 6.36 Å². The van der Waals surface area contributed by atoms with Crippen molar-refractivity contribution in [2.24, 2.45) is 0 Å². The molecule has 3 aromatic rings. The average Bonchev–Trinajstić information content (AvgIpc) is 3.12. The van der Waals surface area contributed by atoms with Crippen LogP contribution in [0.3, 0.4) is 0 Å². The molecule has 0 aliphatic heterocycles. The number of ether oxygens (including phenoxy) is 1. The number of nitrogens with one attached hydrogen (secondary N) is 1. The van der Waals surface area contributed by atoms with Gasteiger partial charge in [0.15, 0.2) is 5.69 Å². The molecule has 0 saturated heterocycles. The van der Waals surface area contributed by atoms with Crippen LogP contribution in [0.15, 0.2) is 41.3 Å². The third-order valence-electron chi connectivity index (χ3n) is 4.10. The number of nitrogens with zero attached hydrogens (tertiary/aromatic N) is 3. The van der Waals surface area contributed by atoms with Gasteiger partial charge in [0.25, 0.3) is 15.9 Å². The highest BCUT2D eigenvalue weighted by Gasteiger charge is 2.32. The van der Waals surface area contributed by atoms with Crippen LogP contribution in [0, 0.1) is 0 Å². The molecular formula is C18H12Cl3F3N4O4S. The number of rotatable bonds is 6. The van der Waals surface area contributed by atoms with E-state index in [2.05, 4.69) is 15.0 Å². The molecular weight excluding hydrogens is 532 g/mol. The molecule has 0 spiro atoms. The Hall–Kier alpha value is -2.54. The molecule has 1 aromatic heterocycles. The van der Waals surface area contributed by atoms with Crippen LogP contribution in [0.1, 0.15) is 23.1 Å². The molecule has 33 heavy (non-hydrogen) atoms. The van der Waals surface area contributed by atoms with Gasteiger partial charge in [-0.25, -0.2) is 17.8 Å². The lowest BCUT2D eigenvalue weighted by molar-refractivity contribution is -0.274. The van der Waals surface area contributed by atoms with Crippen molar-refractivity contribution in [3.8, 4) is 11.4 Å². The number of aromatic nitrogens is 3. The van der Waals surface area contributed by atoms with Gasteiger partial charge < -0.3 is 4.74 Å². The fourth-order valence-electron chi connectivity index (χ4n) is 2.75. The zero-order valence-electron chi connectivity index (χ0n) is 16.3. The molecule has 3 rings (SSSR count). The summed E-state index contributed by atoms with van der Waals surface area (Å²) < 4.78 is 69.2. The standard InChI is InChI=1S/C18H12Cl3F3N4O4S/c1-2-13-16(17(29)26-33(30,31)15-7-9(19)3-5-11(15)20)25-27-28(13)14-6-4-10(8-12(14)21)32-18(22,23)24/h3-8H,2H2,1H3,(H,26,29). The van der Waals surface area contributed by atoms with E-state index in [-0.39, 0.29) is 38.6 Å². The first-order chi connectivity index (χ1) is 15.3. The van der Waals surface area contributed by atoms with Gasteiger partial charge in [-0.2, -0.15) is 0 Å². The van der Waals surface area contributed by atoms with Crippen LogP contribution in [-0.2, 0) is 16.4 Å². The number of carbonyl (C=O) groups is 1. The van der Waals surface area contributed by atoms with Gasteiger partial charge in [0.05, 0.1) is 21.4 Å². The van der Waals surface area contributed by atoms with E-state index in [9.17, 15) is 26.4 Å². The predicted molar refractivity (Wildman–Crippen MR) is 114 cm³/mol. The molecule has 2 aromatic carbocycles. The second kappa shape index (κ2) is 9.37. The van der Waals surface area contributed by atoms with Crippen molar-refractivity contribution < 1.29 is 31.1 Å². The Morgan fingerprint density at radius 2 is 1.82 bits per heavy atom. The van der Waals surface area contributed by atoms with Gasteiger partial charge in [-0.05, 0) is 36.8 Å². The maximum atomic E-state index is 12.7. The van der Waals surface area contributed by atoms with Crippen molar-refractivity contribution in [2.75, 3.05) is 0 Å². The highest BCUT2D eigenvalue weighted by atomic mass is 35.5. The summed E-state index contributed by atoms with van der Waals surface area (Å²) in [5.41, 5.74) is -0.104. The summed E-state index contributed by atoms with van der Waals surface area (Å²) in [5, 5.41) is 7.25. The van der Waals surface area contributed by atoms with Crippen molar-refractivity contribution in [1.29, 1.82) is 0 Å². The molecule has 0 radical (unpaired) electrons. The van der Waals surface area contributed by atoms with E-state index in [1.54, 1.807) is 6.92 Å². The van der Waals surface area contributed by atoms with Gasteiger partial charge in [-0.3, -0.25) is 4.79 Å². The van der Waals surface area contributed by atoms with Crippen LogP contribution in [-0.4, -0.2) is 35.7 Å². The molecule has 0 fully saturated rings. The third-order valence-corrected chi connectivity index (χ3v) is 6.45. The summed E-state index contributed by atoms with van der Waals surface area (Å²) in [5.74, 6) is -1.67. The Morgan fingerprint density at radius 3 is 2.42 bits per heavy atom. The summed E-state index contributed by atoms with van der Waals surface area (Å²) in [6.07, 6.45) is -4.76. The summed E-state index contributed by atoms with van der Waals surface area (Å²) in [6.45, 7) is 1.63. The Morgan fingerprint density at radius 1 is 1.12 bits per heavy atom. The largest absolute Gasteiger partial charge is 0.573 e. The quantitative estimate of drug-likeness (QED) is 0.479. The second-order valence-corrected chi connectivity index (χ2v) is 9.22. The van der Waals surface area contributed by atoms with Crippen molar-refractivity contribution in [2.45, 2.75) is 24.6 Å². The smallest absolute Gasteiger partial charge is 0.406 e. The third kappa shape index (κ3) is 5.69. The van der Waals surface area contributed by atoms with Gasteiger partial charge in [0.1, 0.15) is 10.6 Å². The Kier molecular flexibility index (Phi) is 7.13. The Bertz CT molecular complexity index is 1330. The molecule has 0 aliphatic carbocycles. The second-order valence-electron chi connectivity index (χ2n) is 6.32. The van der Waals surface area contributed by atoms with E-state index in [0.717, 1.165) is 22.9 Å². The van der Waals surface area contributed by atoms with Crippen LogP contribution < -0.4 is 9.46 Å². The molecule has 0 aliphatic rings. The fraction of sp³-hybridized carbons (Fsp3) is 0.167. The lowest BCUT2D eigenvalue weighted by Gasteiger charge is -2.12. The van der Waals surface area contributed by atoms with Crippen LogP contribution >= 0.6 is 34.8 Å². The van der Waals surface area contributed by atoms with Crippen LogP contribution in [0.2, 0.25) is 15.1 Å². The van der Waals surface area contributed by atoms with Crippen LogP contribution in [0.5, 0.6) is 5.75 Å². The van der Waals surface area contributed by atoms with E-state index in [0.29, 0.717) is 0 Å². The van der Waals surface area contributed by atoms with Gasteiger partial charge in [-0.15, -0.1) is 18.3 Å². The normalized spacial score (nSPS) is 12.0. The first-order valence-electron chi connectivity index (χ1n) is 8.85. The zero-order valence-corrected chi connectivity index (χ0v) is 19.4. The predicted octanol–water partition coefficient (Wildman–Crippen LogP) is 4.81. The van der Waals surface area contributed by atoms with E-state index in [1.165, 1.54) is 18.2 Å². The molecule has 1 heterocycles. The van der Waals surface area contributed by atoms with Crippen molar-refractivity contribution in [3.05, 3.63) is 62.9 Å². The maximum absolute atomic E-state index is 12.7. The zero-order chi connectivity index (χ0) is 24.6. The first kappa shape index (κ1) is 25.1. The monoisotopic (exact) mass is 542 g/mol. The number of halogens is 6. The molecule has 15 heteroatoms. The molecule has 0 unspecified atom stereocenters. The van der Waals surface area contributed by atoms with Crippen LogP contribution in [0.4, 0.5) is 13.2 Å². The van der Waals surface area contributed by atoms with E-state index >= 15 is 0 Å². The highest BCUT2D eigenvalue weighted by molar-refractivity contribution is 7.90. The minimum Gasteiger partial charge on any atom is -0.406 e. The fourth-order valence-corrected chi connectivity index (χ4v) is 4.72. The maximum Gasteiger partial charge on any atom is 0.573 e. The van der Waals surface area contributed by atoms with Gasteiger partial charge in [0.2, 0.25) is 0 Å². The molecule has 1 N–H and O–H groups in total. The molecule has 176 valence electrons. The number of hydrogen-bond donors (Lipinski definition) is 1. The van der Waals surface area contributed by atoms with E-state index in [1.807, 2.05) is 4.72 Å². The topological polar surface area (TPSA) is 103 Å². The minimum absolute atomic E-state index is 0.0833. The lowest BCUT2D eigenvalue weighted by atomic mass is 10.2. The van der Waals surface area contributed by atoms with Gasteiger partial charge in [0, 0.05) is 11.1 Å². The SMILES string of the molecule is CCc1c(C(=O)NS(=O)(=O)c2cc(Cl)ccc2Cl)nnn1-c1ccc(OC(F)(F)F)cc1Cl. The summed E-state index contributed by atoms with van der Waals surface area (Å²) in [6, 6.07) is 6.80. The Labute approximate surface area is 200 Å². The number of alkyl halides is 3. The summed E-state index contributed by atoms with van der Waals surface area (Å²) in [4.78, 5) is 12.3. The number of amides is 1. The molecule has 0 saturated carbocycles. The number of carbonyl (C=O) groups excluding carboxylic acids is 1. The number of hydrogen-bond acceptors (Lipinski definition) is 6. The van der Waals surface area contributed by atoms with Crippen molar-refractivity contribution in [1.82, 2.24) is 19.7 Å².